The van der Waals surface area contributed by atoms with Gasteiger partial charge >= 0.3 is 0 Å². The van der Waals surface area contributed by atoms with Crippen LogP contribution in [0, 0.1) is 0 Å². The van der Waals surface area contributed by atoms with E-state index in [1.54, 1.807) is 19.1 Å². The molecule has 6 heteroatoms. The molecule has 0 aliphatic rings. The van der Waals surface area contributed by atoms with Gasteiger partial charge in [-0.25, -0.2) is 0 Å². The quantitative estimate of drug-likeness (QED) is 0.404. The summed E-state index contributed by atoms with van der Waals surface area (Å²) in [6, 6.07) is 25.5. The van der Waals surface area contributed by atoms with Gasteiger partial charge < -0.3 is 14.2 Å². The number of hydrogen-bond donors (Lipinski definition) is 0. The lowest BCUT2D eigenvalue weighted by Gasteiger charge is -2.17. The summed E-state index contributed by atoms with van der Waals surface area (Å²) in [6.07, 6.45) is 1.67. The molecule has 0 aliphatic heterocycles. The van der Waals surface area contributed by atoms with Gasteiger partial charge in [0.1, 0.15) is 5.75 Å². The molecular formula is C26H25N3O3. The molecule has 1 amide bonds. The third-order valence-electron chi connectivity index (χ3n) is 5.29. The third kappa shape index (κ3) is 5.03. The van der Waals surface area contributed by atoms with Crippen LogP contribution in [-0.4, -0.2) is 35.1 Å². The minimum absolute atomic E-state index is 0.0743. The van der Waals surface area contributed by atoms with Gasteiger partial charge in [0.15, 0.2) is 0 Å². The zero-order valence-electron chi connectivity index (χ0n) is 18.2. The molecule has 0 saturated heterocycles. The molecule has 32 heavy (non-hydrogen) atoms. The second kappa shape index (κ2) is 9.92. The molecule has 0 N–H and O–H groups in total. The van der Waals surface area contributed by atoms with E-state index in [2.05, 4.69) is 22.3 Å². The fourth-order valence-corrected chi connectivity index (χ4v) is 3.55. The molecule has 0 fully saturated rings. The van der Waals surface area contributed by atoms with E-state index < -0.39 is 0 Å². The van der Waals surface area contributed by atoms with Crippen LogP contribution in [0.25, 0.3) is 11.4 Å². The summed E-state index contributed by atoms with van der Waals surface area (Å²) in [6.45, 7) is 0.225. The summed E-state index contributed by atoms with van der Waals surface area (Å²) in [5, 5.41) is 4.05. The predicted molar refractivity (Wildman–Crippen MR) is 122 cm³/mol. The van der Waals surface area contributed by atoms with Crippen molar-refractivity contribution in [1.82, 2.24) is 15.0 Å². The summed E-state index contributed by atoms with van der Waals surface area (Å²) in [5.41, 5.74) is 3.76. The van der Waals surface area contributed by atoms with E-state index in [4.69, 9.17) is 9.26 Å². The molecule has 0 atom stereocenters. The number of hydrogen-bond acceptors (Lipinski definition) is 5. The number of rotatable bonds is 8. The highest BCUT2D eigenvalue weighted by molar-refractivity contribution is 5.95. The van der Waals surface area contributed by atoms with Gasteiger partial charge in [0.05, 0.1) is 13.7 Å². The Bertz CT molecular complexity index is 1190. The Morgan fingerprint density at radius 1 is 0.969 bits per heavy atom. The zero-order valence-corrected chi connectivity index (χ0v) is 18.2. The first-order valence-corrected chi connectivity index (χ1v) is 10.5. The van der Waals surface area contributed by atoms with E-state index in [1.807, 2.05) is 66.7 Å². The number of benzene rings is 3. The summed E-state index contributed by atoms with van der Waals surface area (Å²) < 4.78 is 10.6. The first kappa shape index (κ1) is 21.3. The molecule has 6 nitrogen and oxygen atoms in total. The molecule has 0 saturated carbocycles. The lowest BCUT2D eigenvalue weighted by atomic mass is 9.99. The summed E-state index contributed by atoms with van der Waals surface area (Å²) >= 11 is 0. The molecule has 4 aromatic rings. The number of carbonyl (C=O) groups is 1. The van der Waals surface area contributed by atoms with Crippen molar-refractivity contribution in [2.24, 2.45) is 0 Å². The predicted octanol–water partition coefficient (Wildman–Crippen LogP) is 4.80. The SMILES string of the molecule is COc1cccc(-c2noc(CN(C)C(=O)c3ccccc3CCc3ccccc3)n2)c1. The first-order chi connectivity index (χ1) is 15.6. The van der Waals surface area contributed by atoms with Crippen molar-refractivity contribution in [3.63, 3.8) is 0 Å². The fourth-order valence-electron chi connectivity index (χ4n) is 3.55. The number of aromatic nitrogens is 2. The van der Waals surface area contributed by atoms with Gasteiger partial charge in [0.25, 0.3) is 5.91 Å². The number of ether oxygens (including phenoxy) is 1. The van der Waals surface area contributed by atoms with Gasteiger partial charge in [-0.05, 0) is 42.2 Å². The van der Waals surface area contributed by atoms with Gasteiger partial charge in [-0.15, -0.1) is 0 Å². The summed E-state index contributed by atoms with van der Waals surface area (Å²) in [5.74, 6) is 1.48. The van der Waals surface area contributed by atoms with Gasteiger partial charge in [0.2, 0.25) is 11.7 Å². The highest BCUT2D eigenvalue weighted by Crippen LogP contribution is 2.22. The zero-order chi connectivity index (χ0) is 22.3. The average Bonchev–Trinajstić information content (AvgIpc) is 3.31. The topological polar surface area (TPSA) is 68.5 Å². The second-order valence-electron chi connectivity index (χ2n) is 7.55. The monoisotopic (exact) mass is 427 g/mol. The Balaban J connectivity index is 1.45. The molecule has 3 aromatic carbocycles. The van der Waals surface area contributed by atoms with Crippen LogP contribution in [0.15, 0.2) is 83.4 Å². The Labute approximate surface area is 187 Å². The Hall–Kier alpha value is -3.93. The molecule has 0 spiro atoms. The van der Waals surface area contributed by atoms with Crippen molar-refractivity contribution < 1.29 is 14.1 Å². The molecule has 0 aliphatic carbocycles. The van der Waals surface area contributed by atoms with Crippen LogP contribution >= 0.6 is 0 Å². The van der Waals surface area contributed by atoms with Crippen molar-refractivity contribution >= 4 is 5.91 Å². The highest BCUT2D eigenvalue weighted by Gasteiger charge is 2.18. The summed E-state index contributed by atoms with van der Waals surface area (Å²) in [4.78, 5) is 19.2. The maximum absolute atomic E-state index is 13.2. The van der Waals surface area contributed by atoms with Crippen molar-refractivity contribution in [2.45, 2.75) is 19.4 Å². The lowest BCUT2D eigenvalue weighted by Crippen LogP contribution is -2.27. The van der Waals surface area contributed by atoms with E-state index in [1.165, 1.54) is 5.56 Å². The number of aryl methyl sites for hydroxylation is 2. The molecule has 162 valence electrons. The minimum atomic E-state index is -0.0743. The van der Waals surface area contributed by atoms with E-state index in [0.29, 0.717) is 23.0 Å². The molecule has 4 rings (SSSR count). The van der Waals surface area contributed by atoms with E-state index >= 15 is 0 Å². The van der Waals surface area contributed by atoms with E-state index in [0.717, 1.165) is 24.0 Å². The largest absolute Gasteiger partial charge is 0.497 e. The Kier molecular flexibility index (Phi) is 6.60. The average molecular weight is 428 g/mol. The molecule has 0 bridgehead atoms. The highest BCUT2D eigenvalue weighted by atomic mass is 16.5. The van der Waals surface area contributed by atoms with Crippen LogP contribution in [0.1, 0.15) is 27.4 Å². The normalized spacial score (nSPS) is 10.7. The van der Waals surface area contributed by atoms with Crippen molar-refractivity contribution in [1.29, 1.82) is 0 Å². The fraction of sp³-hybridized carbons (Fsp3) is 0.192. The number of nitrogens with zero attached hydrogens (tertiary/aromatic N) is 3. The van der Waals surface area contributed by atoms with Crippen LogP contribution in [0.2, 0.25) is 0 Å². The Morgan fingerprint density at radius 2 is 1.75 bits per heavy atom. The number of carbonyl (C=O) groups excluding carboxylic acids is 1. The maximum Gasteiger partial charge on any atom is 0.254 e. The maximum atomic E-state index is 13.2. The van der Waals surface area contributed by atoms with Gasteiger partial charge in [-0.1, -0.05) is 65.8 Å². The molecular weight excluding hydrogens is 402 g/mol. The Morgan fingerprint density at radius 3 is 2.56 bits per heavy atom. The number of methoxy groups -OCH3 is 1. The third-order valence-corrected chi connectivity index (χ3v) is 5.29. The lowest BCUT2D eigenvalue weighted by molar-refractivity contribution is 0.0768. The van der Waals surface area contributed by atoms with Crippen LogP contribution in [-0.2, 0) is 19.4 Å². The standard InChI is InChI=1S/C26H25N3O3/c1-29(18-24-27-25(28-32-24)21-12-8-13-22(17-21)31-2)26(30)23-14-7-6-11-20(23)16-15-19-9-4-3-5-10-19/h3-14,17H,15-16,18H2,1-2H3. The minimum Gasteiger partial charge on any atom is -0.497 e. The van der Waals surface area contributed by atoms with Crippen molar-refractivity contribution in [2.75, 3.05) is 14.2 Å². The van der Waals surface area contributed by atoms with Crippen LogP contribution in [0.5, 0.6) is 5.75 Å². The summed E-state index contributed by atoms with van der Waals surface area (Å²) in [7, 11) is 3.35. The van der Waals surface area contributed by atoms with E-state index in [-0.39, 0.29) is 12.5 Å². The molecule has 0 unspecified atom stereocenters. The number of amides is 1. The van der Waals surface area contributed by atoms with Gasteiger partial charge in [0, 0.05) is 18.2 Å². The van der Waals surface area contributed by atoms with Crippen LogP contribution in [0.4, 0.5) is 0 Å². The smallest absolute Gasteiger partial charge is 0.254 e. The second-order valence-corrected chi connectivity index (χ2v) is 7.55. The van der Waals surface area contributed by atoms with Crippen molar-refractivity contribution in [3.05, 3.63) is 101 Å². The van der Waals surface area contributed by atoms with Crippen LogP contribution in [0.3, 0.4) is 0 Å². The molecule has 1 heterocycles. The van der Waals surface area contributed by atoms with Gasteiger partial charge in [-0.3, -0.25) is 4.79 Å². The van der Waals surface area contributed by atoms with Gasteiger partial charge in [-0.2, -0.15) is 4.98 Å². The molecule has 1 aromatic heterocycles. The van der Waals surface area contributed by atoms with E-state index in [9.17, 15) is 4.79 Å². The van der Waals surface area contributed by atoms with Crippen molar-refractivity contribution in [3.8, 4) is 17.1 Å². The molecule has 0 radical (unpaired) electrons. The van der Waals surface area contributed by atoms with Crippen LogP contribution < -0.4 is 4.74 Å². The first-order valence-electron chi connectivity index (χ1n) is 10.5.